The Balaban J connectivity index is 2.14. The number of hydrogen-bond acceptors (Lipinski definition) is 5. The zero-order valence-electron chi connectivity index (χ0n) is 27.5. The molecular formula is C37H50N2O3. The van der Waals surface area contributed by atoms with Crippen molar-refractivity contribution in [2.45, 2.75) is 105 Å². The SMILES string of the molecule is CCC(C)c1cc(C=Nc2ccc(OC)cc2N=Cc2cc(C(C)CC)cc(C(C)(C)C)c2O)c(O)c(C(C)(C)C)c1. The maximum atomic E-state index is 11.2. The van der Waals surface area contributed by atoms with E-state index in [4.69, 9.17) is 14.7 Å². The van der Waals surface area contributed by atoms with E-state index in [0.29, 0.717) is 40.1 Å². The lowest BCUT2D eigenvalue weighted by Crippen LogP contribution is -2.13. The summed E-state index contributed by atoms with van der Waals surface area (Å²) in [5, 5.41) is 22.5. The molecule has 2 atom stereocenters. The third-order valence-corrected chi connectivity index (χ3v) is 8.17. The van der Waals surface area contributed by atoms with Gasteiger partial charge in [-0.05, 0) is 70.9 Å². The number of phenols is 2. The largest absolute Gasteiger partial charge is 0.507 e. The monoisotopic (exact) mass is 570 g/mol. The average Bonchev–Trinajstić information content (AvgIpc) is 2.94. The number of aromatic hydroxyl groups is 2. The first-order valence-electron chi connectivity index (χ1n) is 15.1. The fraction of sp³-hybridized carbons (Fsp3) is 0.459. The predicted octanol–water partition coefficient (Wildman–Crippen LogP) is 10.2. The van der Waals surface area contributed by atoms with Crippen molar-refractivity contribution in [3.05, 3.63) is 75.8 Å². The summed E-state index contributed by atoms with van der Waals surface area (Å²) < 4.78 is 5.49. The van der Waals surface area contributed by atoms with Crippen LogP contribution in [0.5, 0.6) is 17.2 Å². The fourth-order valence-electron chi connectivity index (χ4n) is 4.86. The number of benzene rings is 3. The second-order valence-corrected chi connectivity index (χ2v) is 13.5. The van der Waals surface area contributed by atoms with E-state index in [0.717, 1.165) is 24.0 Å². The van der Waals surface area contributed by atoms with Crippen LogP contribution in [-0.4, -0.2) is 29.8 Å². The molecule has 0 heterocycles. The van der Waals surface area contributed by atoms with Gasteiger partial charge in [-0.2, -0.15) is 0 Å². The molecule has 0 aliphatic carbocycles. The number of rotatable bonds is 9. The van der Waals surface area contributed by atoms with Gasteiger partial charge >= 0.3 is 0 Å². The Labute approximate surface area is 253 Å². The maximum Gasteiger partial charge on any atom is 0.128 e. The molecular weight excluding hydrogens is 520 g/mol. The number of methoxy groups -OCH3 is 1. The van der Waals surface area contributed by atoms with Crippen molar-refractivity contribution in [3.63, 3.8) is 0 Å². The van der Waals surface area contributed by atoms with E-state index in [9.17, 15) is 10.2 Å². The lowest BCUT2D eigenvalue weighted by Gasteiger charge is -2.24. The molecule has 3 aromatic rings. The molecule has 0 aliphatic heterocycles. The molecule has 0 fully saturated rings. The molecule has 0 saturated carbocycles. The number of nitrogens with zero attached hydrogens (tertiary/aromatic N) is 2. The van der Waals surface area contributed by atoms with Gasteiger partial charge in [0.2, 0.25) is 0 Å². The second-order valence-electron chi connectivity index (χ2n) is 13.5. The van der Waals surface area contributed by atoms with Gasteiger partial charge in [-0.1, -0.05) is 81.4 Å². The van der Waals surface area contributed by atoms with Crippen molar-refractivity contribution in [3.8, 4) is 17.2 Å². The quantitative estimate of drug-likeness (QED) is 0.251. The van der Waals surface area contributed by atoms with Crippen molar-refractivity contribution in [1.29, 1.82) is 0 Å². The highest BCUT2D eigenvalue weighted by Gasteiger charge is 2.23. The average molecular weight is 571 g/mol. The van der Waals surface area contributed by atoms with E-state index in [2.05, 4.69) is 81.4 Å². The number of phenolic OH excluding ortho intramolecular Hbond substituents is 2. The van der Waals surface area contributed by atoms with Crippen LogP contribution in [0.25, 0.3) is 0 Å². The Morgan fingerprint density at radius 1 is 0.690 bits per heavy atom. The van der Waals surface area contributed by atoms with Crippen LogP contribution in [0.4, 0.5) is 11.4 Å². The topological polar surface area (TPSA) is 74.4 Å². The molecule has 0 aromatic heterocycles. The van der Waals surface area contributed by atoms with Crippen LogP contribution in [-0.2, 0) is 10.8 Å². The molecule has 0 aliphatic rings. The van der Waals surface area contributed by atoms with Crippen LogP contribution < -0.4 is 4.74 Å². The smallest absolute Gasteiger partial charge is 0.128 e. The number of aliphatic imine (C=N–C) groups is 2. The maximum absolute atomic E-state index is 11.2. The first-order valence-corrected chi connectivity index (χ1v) is 15.1. The highest BCUT2D eigenvalue weighted by atomic mass is 16.5. The fourth-order valence-corrected chi connectivity index (χ4v) is 4.86. The van der Waals surface area contributed by atoms with Gasteiger partial charge in [-0.25, -0.2) is 0 Å². The summed E-state index contributed by atoms with van der Waals surface area (Å²) in [5.41, 5.74) is 6.30. The zero-order chi connectivity index (χ0) is 31.4. The summed E-state index contributed by atoms with van der Waals surface area (Å²) in [5.74, 6) is 1.86. The van der Waals surface area contributed by atoms with Gasteiger partial charge in [-0.3, -0.25) is 9.98 Å². The van der Waals surface area contributed by atoms with Crippen molar-refractivity contribution < 1.29 is 14.9 Å². The van der Waals surface area contributed by atoms with E-state index in [1.807, 2.05) is 30.3 Å². The van der Waals surface area contributed by atoms with Crippen LogP contribution in [0.1, 0.15) is 127 Å². The van der Waals surface area contributed by atoms with Crippen LogP contribution >= 0.6 is 0 Å². The third kappa shape index (κ3) is 7.61. The number of ether oxygens (including phenoxy) is 1. The van der Waals surface area contributed by atoms with Crippen molar-refractivity contribution in [1.82, 2.24) is 0 Å². The minimum Gasteiger partial charge on any atom is -0.507 e. The highest BCUT2D eigenvalue weighted by Crippen LogP contribution is 2.39. The van der Waals surface area contributed by atoms with Gasteiger partial charge in [0.25, 0.3) is 0 Å². The van der Waals surface area contributed by atoms with E-state index < -0.39 is 0 Å². The minimum atomic E-state index is -0.223. The molecule has 3 aromatic carbocycles. The number of hydrogen-bond donors (Lipinski definition) is 2. The summed E-state index contributed by atoms with van der Waals surface area (Å²) in [6.07, 6.45) is 5.44. The van der Waals surface area contributed by atoms with Crippen molar-refractivity contribution >= 4 is 23.8 Å². The molecule has 226 valence electrons. The molecule has 42 heavy (non-hydrogen) atoms. The van der Waals surface area contributed by atoms with Gasteiger partial charge in [0, 0.05) is 40.7 Å². The summed E-state index contributed by atoms with van der Waals surface area (Å²) in [6, 6.07) is 13.8. The van der Waals surface area contributed by atoms with E-state index in [1.165, 1.54) is 11.1 Å². The first-order chi connectivity index (χ1) is 19.6. The van der Waals surface area contributed by atoms with E-state index in [1.54, 1.807) is 19.5 Å². The molecule has 0 bridgehead atoms. The molecule has 0 saturated heterocycles. The predicted molar refractivity (Wildman–Crippen MR) is 179 cm³/mol. The van der Waals surface area contributed by atoms with Crippen LogP contribution in [0.2, 0.25) is 0 Å². The van der Waals surface area contributed by atoms with Gasteiger partial charge in [0.15, 0.2) is 0 Å². The standard InChI is InChI=1S/C37H50N2O3/c1-12-23(3)25-16-27(34(40)30(18-25)36(5,6)7)21-38-32-15-14-29(42-11)20-33(32)39-22-28-17-26(24(4)13-2)19-31(35(28)41)37(8,9)10/h14-24,40-41H,12-13H2,1-11H3. The molecule has 0 radical (unpaired) electrons. The molecule has 0 spiro atoms. The minimum absolute atomic E-state index is 0.219. The Kier molecular flexibility index (Phi) is 10.3. The normalized spacial score (nSPS) is 14.1. The van der Waals surface area contributed by atoms with Gasteiger partial charge in [-0.15, -0.1) is 0 Å². The van der Waals surface area contributed by atoms with E-state index in [-0.39, 0.29) is 22.3 Å². The van der Waals surface area contributed by atoms with Crippen molar-refractivity contribution in [2.75, 3.05) is 7.11 Å². The summed E-state index contributed by atoms with van der Waals surface area (Å²) in [4.78, 5) is 9.60. The zero-order valence-corrected chi connectivity index (χ0v) is 27.5. The second kappa shape index (κ2) is 13.1. The lowest BCUT2D eigenvalue weighted by molar-refractivity contribution is 0.415. The Morgan fingerprint density at radius 2 is 1.12 bits per heavy atom. The van der Waals surface area contributed by atoms with Crippen LogP contribution in [0, 0.1) is 0 Å². The van der Waals surface area contributed by atoms with Gasteiger partial charge in [0.1, 0.15) is 17.2 Å². The van der Waals surface area contributed by atoms with Gasteiger partial charge < -0.3 is 14.9 Å². The van der Waals surface area contributed by atoms with Gasteiger partial charge in [0.05, 0.1) is 18.5 Å². The summed E-state index contributed by atoms with van der Waals surface area (Å²) in [7, 11) is 1.62. The first kappa shape index (κ1) is 32.9. The highest BCUT2D eigenvalue weighted by molar-refractivity contribution is 5.90. The molecule has 2 unspecified atom stereocenters. The molecule has 3 rings (SSSR count). The molecule has 5 nitrogen and oxygen atoms in total. The Hall–Kier alpha value is -3.60. The Morgan fingerprint density at radius 3 is 1.50 bits per heavy atom. The van der Waals surface area contributed by atoms with Crippen LogP contribution in [0.15, 0.2) is 52.4 Å². The van der Waals surface area contributed by atoms with E-state index >= 15 is 0 Å². The third-order valence-electron chi connectivity index (χ3n) is 8.17. The Bertz CT molecular complexity index is 1460. The summed E-state index contributed by atoms with van der Waals surface area (Å²) >= 11 is 0. The lowest BCUT2D eigenvalue weighted by atomic mass is 9.82. The molecule has 5 heteroatoms. The van der Waals surface area contributed by atoms with Crippen LogP contribution in [0.3, 0.4) is 0 Å². The molecule has 0 amide bonds. The van der Waals surface area contributed by atoms with Crippen molar-refractivity contribution in [2.24, 2.45) is 9.98 Å². The summed E-state index contributed by atoms with van der Waals surface area (Å²) in [6.45, 7) is 21.4. The molecule has 2 N–H and O–H groups in total.